The summed E-state index contributed by atoms with van der Waals surface area (Å²) in [6.07, 6.45) is 0. The van der Waals surface area contributed by atoms with Gasteiger partial charge in [-0.3, -0.25) is 0 Å². The molecule has 0 aromatic heterocycles. The Kier molecular flexibility index (Phi) is 3.79. The van der Waals surface area contributed by atoms with Crippen LogP contribution in [0.1, 0.15) is 11.1 Å². The zero-order chi connectivity index (χ0) is 12.3. The Bertz CT molecular complexity index is 525. The van der Waals surface area contributed by atoms with Gasteiger partial charge in [-0.25, -0.2) is 4.39 Å². The Morgan fingerprint density at radius 1 is 1.18 bits per heavy atom. The average molecular weight is 294 g/mol. The van der Waals surface area contributed by atoms with Crippen molar-refractivity contribution in [1.29, 1.82) is 0 Å². The molecule has 0 spiro atoms. The lowest BCUT2D eigenvalue weighted by molar-refractivity contribution is 0.612. The van der Waals surface area contributed by atoms with Crippen LogP contribution in [0.5, 0.6) is 0 Å². The maximum Gasteiger partial charge on any atom is 0.129 e. The molecule has 0 radical (unpaired) electrons. The Balaban J connectivity index is 2.07. The summed E-state index contributed by atoms with van der Waals surface area (Å²) in [5, 5.41) is 3.21. The van der Waals surface area contributed by atoms with Crippen molar-refractivity contribution in [3.63, 3.8) is 0 Å². The van der Waals surface area contributed by atoms with E-state index in [0.717, 1.165) is 10.2 Å². The first-order valence-corrected chi connectivity index (χ1v) is 6.19. The first-order valence-electron chi connectivity index (χ1n) is 5.39. The van der Waals surface area contributed by atoms with Gasteiger partial charge in [-0.05, 0) is 36.8 Å². The van der Waals surface area contributed by atoms with E-state index in [2.05, 4.69) is 21.2 Å². The quantitative estimate of drug-likeness (QED) is 0.878. The highest BCUT2D eigenvalue weighted by Crippen LogP contribution is 2.17. The van der Waals surface area contributed by atoms with Crippen molar-refractivity contribution >= 4 is 21.6 Å². The molecule has 3 heteroatoms. The molecule has 0 aliphatic carbocycles. The number of halogens is 2. The van der Waals surface area contributed by atoms with Crippen molar-refractivity contribution in [2.24, 2.45) is 0 Å². The first-order chi connectivity index (χ1) is 8.15. The third kappa shape index (κ3) is 3.30. The number of anilines is 1. The molecule has 1 N–H and O–H groups in total. The van der Waals surface area contributed by atoms with Gasteiger partial charge < -0.3 is 5.32 Å². The molecular formula is C14H13BrFN. The van der Waals surface area contributed by atoms with Crippen LogP contribution < -0.4 is 5.32 Å². The second-order valence-electron chi connectivity index (χ2n) is 3.96. The zero-order valence-electron chi connectivity index (χ0n) is 9.50. The molecule has 0 unspecified atom stereocenters. The highest BCUT2D eigenvalue weighted by molar-refractivity contribution is 9.10. The maximum absolute atomic E-state index is 13.6. The van der Waals surface area contributed by atoms with Gasteiger partial charge in [0.05, 0.1) is 0 Å². The van der Waals surface area contributed by atoms with Crippen LogP contribution in [0.4, 0.5) is 10.1 Å². The highest BCUT2D eigenvalue weighted by atomic mass is 79.9. The van der Waals surface area contributed by atoms with Gasteiger partial charge in [0.2, 0.25) is 0 Å². The molecule has 0 atom stereocenters. The van der Waals surface area contributed by atoms with Gasteiger partial charge in [-0.1, -0.05) is 34.1 Å². The van der Waals surface area contributed by atoms with Crippen LogP contribution in [-0.4, -0.2) is 0 Å². The van der Waals surface area contributed by atoms with Gasteiger partial charge in [0, 0.05) is 22.3 Å². The van der Waals surface area contributed by atoms with Crippen molar-refractivity contribution in [1.82, 2.24) is 0 Å². The predicted octanol–water partition coefficient (Wildman–Crippen LogP) is 4.51. The monoisotopic (exact) mass is 293 g/mol. The molecule has 0 saturated heterocycles. The van der Waals surface area contributed by atoms with Crippen molar-refractivity contribution in [2.75, 3.05) is 5.32 Å². The fourth-order valence-electron chi connectivity index (χ4n) is 1.62. The lowest BCUT2D eigenvalue weighted by Crippen LogP contribution is -2.01. The normalized spacial score (nSPS) is 10.3. The molecule has 0 bridgehead atoms. The third-order valence-corrected chi connectivity index (χ3v) is 3.01. The minimum Gasteiger partial charge on any atom is -0.381 e. The van der Waals surface area contributed by atoms with Gasteiger partial charge in [0.25, 0.3) is 0 Å². The van der Waals surface area contributed by atoms with E-state index in [1.807, 2.05) is 37.3 Å². The van der Waals surface area contributed by atoms with E-state index in [0.29, 0.717) is 12.1 Å². The number of hydrogen-bond donors (Lipinski definition) is 1. The van der Waals surface area contributed by atoms with Crippen LogP contribution in [-0.2, 0) is 6.54 Å². The van der Waals surface area contributed by atoms with Gasteiger partial charge >= 0.3 is 0 Å². The summed E-state index contributed by atoms with van der Waals surface area (Å²) >= 11 is 3.24. The van der Waals surface area contributed by atoms with E-state index in [9.17, 15) is 4.39 Å². The fourth-order valence-corrected chi connectivity index (χ4v) is 1.95. The minimum atomic E-state index is -0.195. The summed E-state index contributed by atoms with van der Waals surface area (Å²) in [6.45, 7) is 2.52. The molecule has 0 heterocycles. The largest absolute Gasteiger partial charge is 0.381 e. The maximum atomic E-state index is 13.6. The molecule has 0 fully saturated rings. The second-order valence-corrected chi connectivity index (χ2v) is 4.87. The number of benzene rings is 2. The van der Waals surface area contributed by atoms with Crippen LogP contribution in [0.25, 0.3) is 0 Å². The predicted molar refractivity (Wildman–Crippen MR) is 72.6 cm³/mol. The average Bonchev–Trinajstić information content (AvgIpc) is 2.28. The van der Waals surface area contributed by atoms with Gasteiger partial charge in [-0.2, -0.15) is 0 Å². The van der Waals surface area contributed by atoms with Crippen molar-refractivity contribution < 1.29 is 4.39 Å². The molecule has 2 rings (SSSR count). The van der Waals surface area contributed by atoms with Gasteiger partial charge in [0.1, 0.15) is 5.82 Å². The number of hydrogen-bond acceptors (Lipinski definition) is 1. The Morgan fingerprint density at radius 2 is 2.00 bits per heavy atom. The van der Waals surface area contributed by atoms with Crippen molar-refractivity contribution in [3.05, 3.63) is 63.9 Å². The van der Waals surface area contributed by atoms with E-state index in [-0.39, 0.29) is 5.82 Å². The standard InChI is InChI=1S/C14H13BrFN/c1-10-3-2-4-13(7-10)17-9-11-5-6-12(15)8-14(11)16/h2-8,17H,9H2,1H3. The van der Waals surface area contributed by atoms with E-state index < -0.39 is 0 Å². The molecule has 2 aromatic carbocycles. The zero-order valence-corrected chi connectivity index (χ0v) is 11.1. The molecule has 0 aliphatic heterocycles. The summed E-state index contributed by atoms with van der Waals surface area (Å²) in [6, 6.07) is 13.1. The lowest BCUT2D eigenvalue weighted by atomic mass is 10.2. The molecule has 88 valence electrons. The second kappa shape index (κ2) is 5.32. The van der Waals surface area contributed by atoms with Crippen LogP contribution in [0.2, 0.25) is 0 Å². The lowest BCUT2D eigenvalue weighted by Gasteiger charge is -2.08. The molecule has 0 amide bonds. The molecule has 2 aromatic rings. The molecule has 17 heavy (non-hydrogen) atoms. The van der Waals surface area contributed by atoms with Crippen molar-refractivity contribution in [3.8, 4) is 0 Å². The Labute approximate surface area is 109 Å². The number of rotatable bonds is 3. The van der Waals surface area contributed by atoms with E-state index in [4.69, 9.17) is 0 Å². The molecule has 1 nitrogen and oxygen atoms in total. The Morgan fingerprint density at radius 3 is 2.71 bits per heavy atom. The van der Waals surface area contributed by atoms with E-state index >= 15 is 0 Å². The minimum absolute atomic E-state index is 0.195. The van der Waals surface area contributed by atoms with E-state index in [1.54, 1.807) is 6.07 Å². The highest BCUT2D eigenvalue weighted by Gasteiger charge is 2.02. The summed E-state index contributed by atoms with van der Waals surface area (Å²) < 4.78 is 14.3. The van der Waals surface area contributed by atoms with Crippen LogP contribution in [0.3, 0.4) is 0 Å². The molecular weight excluding hydrogens is 281 g/mol. The van der Waals surface area contributed by atoms with Gasteiger partial charge in [0.15, 0.2) is 0 Å². The SMILES string of the molecule is Cc1cccc(NCc2ccc(Br)cc2F)c1. The molecule has 0 saturated carbocycles. The first kappa shape index (κ1) is 12.1. The summed E-state index contributed by atoms with van der Waals surface area (Å²) in [4.78, 5) is 0. The Hall–Kier alpha value is -1.35. The summed E-state index contributed by atoms with van der Waals surface area (Å²) in [7, 11) is 0. The van der Waals surface area contributed by atoms with Crippen molar-refractivity contribution in [2.45, 2.75) is 13.5 Å². The topological polar surface area (TPSA) is 12.0 Å². The summed E-state index contributed by atoms with van der Waals surface area (Å²) in [5.74, 6) is -0.195. The van der Waals surface area contributed by atoms with Crippen LogP contribution >= 0.6 is 15.9 Å². The van der Waals surface area contributed by atoms with Crippen LogP contribution in [0.15, 0.2) is 46.9 Å². The van der Waals surface area contributed by atoms with E-state index in [1.165, 1.54) is 11.6 Å². The van der Waals surface area contributed by atoms with Gasteiger partial charge in [-0.15, -0.1) is 0 Å². The number of aryl methyl sites for hydroxylation is 1. The fraction of sp³-hybridized carbons (Fsp3) is 0.143. The van der Waals surface area contributed by atoms with Crippen LogP contribution in [0, 0.1) is 12.7 Å². The number of nitrogens with one attached hydrogen (secondary N) is 1. The molecule has 0 aliphatic rings. The third-order valence-electron chi connectivity index (χ3n) is 2.52. The summed E-state index contributed by atoms with van der Waals surface area (Å²) in [5.41, 5.74) is 2.85. The smallest absolute Gasteiger partial charge is 0.129 e.